The number of rotatable bonds is 5. The number of aromatic nitrogens is 1. The number of hydrogen-bond acceptors (Lipinski definition) is 3. The molecule has 0 bridgehead atoms. The van der Waals surface area contributed by atoms with Crippen molar-refractivity contribution in [3.63, 3.8) is 0 Å². The van der Waals surface area contributed by atoms with E-state index in [0.717, 1.165) is 10.9 Å². The molecule has 0 saturated heterocycles. The van der Waals surface area contributed by atoms with Crippen LogP contribution in [0.5, 0.6) is 5.75 Å². The zero-order valence-corrected chi connectivity index (χ0v) is 10.1. The Morgan fingerprint density at radius 1 is 1.41 bits per heavy atom. The standard InChI is InChI=1S/C11H13NO4S/c1-15-4-5-16-8-2-3-9-10(6-8)12-7-11(9)17(13)14/h2-3,6-7,12H,4-5H2,1H3,(H,13,14). The van der Waals surface area contributed by atoms with Crippen LogP contribution in [0.25, 0.3) is 10.9 Å². The van der Waals surface area contributed by atoms with Gasteiger partial charge in [0.05, 0.1) is 17.0 Å². The minimum absolute atomic E-state index is 0.378. The van der Waals surface area contributed by atoms with Gasteiger partial charge in [-0.1, -0.05) is 0 Å². The molecule has 0 saturated carbocycles. The molecule has 1 aromatic carbocycles. The van der Waals surface area contributed by atoms with Gasteiger partial charge < -0.3 is 19.0 Å². The number of hydrogen-bond donors (Lipinski definition) is 2. The summed E-state index contributed by atoms with van der Waals surface area (Å²) in [6.45, 7) is 0.996. The zero-order chi connectivity index (χ0) is 12.3. The van der Waals surface area contributed by atoms with Crippen molar-refractivity contribution in [2.45, 2.75) is 4.90 Å². The maximum absolute atomic E-state index is 11.0. The second-order valence-electron chi connectivity index (χ2n) is 3.45. The van der Waals surface area contributed by atoms with Crippen LogP contribution in [-0.4, -0.2) is 34.1 Å². The molecule has 0 spiro atoms. The first kappa shape index (κ1) is 12.1. The van der Waals surface area contributed by atoms with Crippen LogP contribution in [0.1, 0.15) is 0 Å². The molecule has 0 fully saturated rings. The van der Waals surface area contributed by atoms with Gasteiger partial charge in [-0.2, -0.15) is 0 Å². The number of H-pyrrole nitrogens is 1. The van der Waals surface area contributed by atoms with Crippen LogP contribution in [0.2, 0.25) is 0 Å². The van der Waals surface area contributed by atoms with Crippen molar-refractivity contribution in [1.29, 1.82) is 0 Å². The van der Waals surface area contributed by atoms with Gasteiger partial charge in [0.15, 0.2) is 11.1 Å². The third kappa shape index (κ3) is 2.66. The predicted molar refractivity (Wildman–Crippen MR) is 64.7 cm³/mol. The Bertz CT molecular complexity index is 537. The zero-order valence-electron chi connectivity index (χ0n) is 9.30. The van der Waals surface area contributed by atoms with E-state index < -0.39 is 11.1 Å². The van der Waals surface area contributed by atoms with E-state index in [1.54, 1.807) is 25.3 Å². The molecule has 2 rings (SSSR count). The molecule has 92 valence electrons. The van der Waals surface area contributed by atoms with Crippen LogP contribution in [0.15, 0.2) is 29.3 Å². The van der Waals surface area contributed by atoms with Crippen LogP contribution in [0.4, 0.5) is 0 Å². The summed E-state index contributed by atoms with van der Waals surface area (Å²) in [5.74, 6) is 0.701. The van der Waals surface area contributed by atoms with Gasteiger partial charge >= 0.3 is 0 Å². The first-order chi connectivity index (χ1) is 8.22. The van der Waals surface area contributed by atoms with Crippen molar-refractivity contribution in [2.24, 2.45) is 0 Å². The van der Waals surface area contributed by atoms with Crippen molar-refractivity contribution in [3.8, 4) is 5.75 Å². The van der Waals surface area contributed by atoms with Crippen molar-refractivity contribution < 1.29 is 18.2 Å². The Balaban J connectivity index is 2.23. The lowest BCUT2D eigenvalue weighted by atomic mass is 10.2. The summed E-state index contributed by atoms with van der Waals surface area (Å²) < 4.78 is 30.4. The fourth-order valence-corrected chi connectivity index (χ4v) is 2.08. The Labute approximate surface area is 101 Å². The van der Waals surface area contributed by atoms with E-state index in [4.69, 9.17) is 14.0 Å². The third-order valence-corrected chi connectivity index (χ3v) is 3.07. The van der Waals surface area contributed by atoms with E-state index in [-0.39, 0.29) is 0 Å². The lowest BCUT2D eigenvalue weighted by molar-refractivity contribution is 0.146. The van der Waals surface area contributed by atoms with E-state index in [0.29, 0.717) is 23.9 Å². The van der Waals surface area contributed by atoms with Crippen LogP contribution >= 0.6 is 0 Å². The summed E-state index contributed by atoms with van der Waals surface area (Å²) in [6.07, 6.45) is 1.53. The number of ether oxygens (including phenoxy) is 2. The highest BCUT2D eigenvalue weighted by Gasteiger charge is 2.08. The minimum atomic E-state index is -1.98. The van der Waals surface area contributed by atoms with E-state index in [1.165, 1.54) is 6.20 Å². The summed E-state index contributed by atoms with van der Waals surface area (Å²) in [5.41, 5.74) is 0.775. The number of fused-ring (bicyclic) bond motifs is 1. The maximum Gasteiger partial charge on any atom is 0.188 e. The predicted octanol–water partition coefficient (Wildman–Crippen LogP) is 1.77. The quantitative estimate of drug-likeness (QED) is 0.631. The van der Waals surface area contributed by atoms with Crippen molar-refractivity contribution >= 4 is 22.0 Å². The van der Waals surface area contributed by atoms with E-state index in [2.05, 4.69) is 4.98 Å². The largest absolute Gasteiger partial charge is 0.491 e. The molecule has 0 aliphatic carbocycles. The SMILES string of the molecule is COCCOc1ccc2c(S(=O)O)c[nH]c2c1. The van der Waals surface area contributed by atoms with Gasteiger partial charge in [-0.25, -0.2) is 4.21 Å². The van der Waals surface area contributed by atoms with Crippen LogP contribution in [0.3, 0.4) is 0 Å². The Kier molecular flexibility index (Phi) is 3.78. The molecular formula is C11H13NO4S. The van der Waals surface area contributed by atoms with Crippen LogP contribution < -0.4 is 4.74 Å². The summed E-state index contributed by atoms with van der Waals surface area (Å²) in [7, 11) is 1.61. The van der Waals surface area contributed by atoms with Gasteiger partial charge in [0, 0.05) is 24.8 Å². The number of nitrogens with one attached hydrogen (secondary N) is 1. The van der Waals surface area contributed by atoms with Gasteiger partial charge in [-0.05, 0) is 12.1 Å². The lowest BCUT2D eigenvalue weighted by Crippen LogP contribution is -2.03. The molecular weight excluding hydrogens is 242 g/mol. The Morgan fingerprint density at radius 3 is 2.94 bits per heavy atom. The molecule has 1 aromatic heterocycles. The highest BCUT2D eigenvalue weighted by Crippen LogP contribution is 2.24. The van der Waals surface area contributed by atoms with Gasteiger partial charge in [-0.15, -0.1) is 0 Å². The molecule has 0 aliphatic heterocycles. The van der Waals surface area contributed by atoms with Crippen molar-refractivity contribution in [1.82, 2.24) is 4.98 Å². The smallest absolute Gasteiger partial charge is 0.188 e. The van der Waals surface area contributed by atoms with E-state index in [9.17, 15) is 4.21 Å². The van der Waals surface area contributed by atoms with E-state index in [1.807, 2.05) is 0 Å². The first-order valence-electron chi connectivity index (χ1n) is 5.06. The lowest BCUT2D eigenvalue weighted by Gasteiger charge is -2.05. The second-order valence-corrected chi connectivity index (χ2v) is 4.39. The van der Waals surface area contributed by atoms with Gasteiger partial charge in [0.25, 0.3) is 0 Å². The normalized spacial score (nSPS) is 12.8. The molecule has 2 N–H and O–H groups in total. The van der Waals surface area contributed by atoms with Gasteiger partial charge in [-0.3, -0.25) is 0 Å². The highest BCUT2D eigenvalue weighted by atomic mass is 32.2. The number of benzene rings is 1. The summed E-state index contributed by atoms with van der Waals surface area (Å²) in [6, 6.07) is 5.32. The molecule has 0 aliphatic rings. The number of methoxy groups -OCH3 is 1. The summed E-state index contributed by atoms with van der Waals surface area (Å²) in [4.78, 5) is 3.31. The second kappa shape index (κ2) is 5.31. The van der Waals surface area contributed by atoms with Crippen LogP contribution in [-0.2, 0) is 15.8 Å². The maximum atomic E-state index is 11.0. The van der Waals surface area contributed by atoms with Gasteiger partial charge in [0.2, 0.25) is 0 Å². The average molecular weight is 255 g/mol. The molecule has 6 heteroatoms. The first-order valence-corrected chi connectivity index (χ1v) is 6.17. The summed E-state index contributed by atoms with van der Waals surface area (Å²) in [5, 5.41) is 0.727. The summed E-state index contributed by atoms with van der Waals surface area (Å²) >= 11 is -1.98. The van der Waals surface area contributed by atoms with Crippen LogP contribution in [0, 0.1) is 0 Å². The Hall–Kier alpha value is -1.37. The van der Waals surface area contributed by atoms with E-state index >= 15 is 0 Å². The monoisotopic (exact) mass is 255 g/mol. The Morgan fingerprint density at radius 2 is 2.24 bits per heavy atom. The third-order valence-electron chi connectivity index (χ3n) is 2.36. The molecule has 5 nitrogen and oxygen atoms in total. The molecule has 2 aromatic rings. The van der Waals surface area contributed by atoms with Crippen molar-refractivity contribution in [3.05, 3.63) is 24.4 Å². The minimum Gasteiger partial charge on any atom is -0.491 e. The fourth-order valence-electron chi connectivity index (χ4n) is 1.56. The molecule has 1 unspecified atom stereocenters. The fraction of sp³-hybridized carbons (Fsp3) is 0.273. The van der Waals surface area contributed by atoms with Gasteiger partial charge in [0.1, 0.15) is 12.4 Å². The molecule has 0 radical (unpaired) electrons. The topological polar surface area (TPSA) is 71.6 Å². The molecule has 1 heterocycles. The molecule has 0 amide bonds. The van der Waals surface area contributed by atoms with Crippen molar-refractivity contribution in [2.75, 3.05) is 20.3 Å². The average Bonchev–Trinajstić information content (AvgIpc) is 2.72. The number of aromatic amines is 1. The molecule has 17 heavy (non-hydrogen) atoms. The highest BCUT2D eigenvalue weighted by molar-refractivity contribution is 7.79. The molecule has 1 atom stereocenters.